The van der Waals surface area contributed by atoms with Crippen LogP contribution in [-0.4, -0.2) is 24.9 Å². The molecule has 6 heteroatoms. The Labute approximate surface area is 128 Å². The van der Waals surface area contributed by atoms with Gasteiger partial charge in [0.2, 0.25) is 5.91 Å². The smallest absolute Gasteiger partial charge is 0.251 e. The van der Waals surface area contributed by atoms with Crippen molar-refractivity contribution in [2.75, 3.05) is 13.1 Å². The van der Waals surface area contributed by atoms with Gasteiger partial charge in [-0.05, 0) is 31.0 Å². The van der Waals surface area contributed by atoms with Crippen LogP contribution >= 0.6 is 31.9 Å². The normalized spacial score (nSPS) is 14.0. The lowest BCUT2D eigenvalue weighted by molar-refractivity contribution is -0.122. The SMILES string of the molecule is O=C(NCCNC(=O)C1CC1)c1cc(Br)cc(Br)c1. The van der Waals surface area contributed by atoms with Crippen molar-refractivity contribution in [1.82, 2.24) is 10.6 Å². The van der Waals surface area contributed by atoms with Crippen LogP contribution in [0.3, 0.4) is 0 Å². The van der Waals surface area contributed by atoms with Crippen molar-refractivity contribution in [3.05, 3.63) is 32.7 Å². The molecule has 4 nitrogen and oxygen atoms in total. The van der Waals surface area contributed by atoms with E-state index in [1.807, 2.05) is 6.07 Å². The van der Waals surface area contributed by atoms with Gasteiger partial charge in [-0.2, -0.15) is 0 Å². The lowest BCUT2D eigenvalue weighted by atomic mass is 10.2. The van der Waals surface area contributed by atoms with Crippen LogP contribution in [0.25, 0.3) is 0 Å². The molecule has 1 aliphatic rings. The molecule has 0 atom stereocenters. The minimum atomic E-state index is -0.150. The Bertz CT molecular complexity index is 481. The Balaban J connectivity index is 1.75. The predicted octanol–water partition coefficient (Wildman–Crippen LogP) is 2.47. The van der Waals surface area contributed by atoms with E-state index in [0.717, 1.165) is 21.8 Å². The summed E-state index contributed by atoms with van der Waals surface area (Å²) in [5.74, 6) is 0.152. The first-order valence-corrected chi connectivity index (χ1v) is 7.67. The summed E-state index contributed by atoms with van der Waals surface area (Å²) < 4.78 is 1.68. The first kappa shape index (κ1) is 14.5. The van der Waals surface area contributed by atoms with E-state index < -0.39 is 0 Å². The second-order valence-corrected chi connectivity index (χ2v) is 6.31. The van der Waals surface area contributed by atoms with Gasteiger partial charge >= 0.3 is 0 Å². The highest BCUT2D eigenvalue weighted by atomic mass is 79.9. The van der Waals surface area contributed by atoms with Crippen molar-refractivity contribution in [1.29, 1.82) is 0 Å². The number of nitrogens with one attached hydrogen (secondary N) is 2. The molecule has 102 valence electrons. The predicted molar refractivity (Wildman–Crippen MR) is 79.9 cm³/mol. The van der Waals surface area contributed by atoms with Crippen LogP contribution in [0.4, 0.5) is 0 Å². The van der Waals surface area contributed by atoms with Crippen LogP contribution in [0, 0.1) is 5.92 Å². The van der Waals surface area contributed by atoms with Gasteiger partial charge in [-0.15, -0.1) is 0 Å². The second kappa shape index (κ2) is 6.52. The Morgan fingerprint density at radius 2 is 1.63 bits per heavy atom. The molecule has 1 aromatic rings. The number of hydrogen-bond acceptors (Lipinski definition) is 2. The zero-order valence-electron chi connectivity index (χ0n) is 10.2. The van der Waals surface area contributed by atoms with Gasteiger partial charge in [0, 0.05) is 33.5 Å². The van der Waals surface area contributed by atoms with E-state index in [4.69, 9.17) is 0 Å². The maximum absolute atomic E-state index is 11.9. The van der Waals surface area contributed by atoms with Crippen molar-refractivity contribution in [3.8, 4) is 0 Å². The molecule has 0 radical (unpaired) electrons. The van der Waals surface area contributed by atoms with Crippen LogP contribution in [0.2, 0.25) is 0 Å². The maximum atomic E-state index is 11.9. The number of benzene rings is 1. The van der Waals surface area contributed by atoms with E-state index in [1.165, 1.54) is 0 Å². The Morgan fingerprint density at radius 1 is 1.05 bits per heavy atom. The van der Waals surface area contributed by atoms with Crippen molar-refractivity contribution in [2.45, 2.75) is 12.8 Å². The van der Waals surface area contributed by atoms with Gasteiger partial charge in [0.05, 0.1) is 0 Å². The fourth-order valence-electron chi connectivity index (χ4n) is 1.64. The van der Waals surface area contributed by atoms with Gasteiger partial charge in [-0.1, -0.05) is 31.9 Å². The van der Waals surface area contributed by atoms with Gasteiger partial charge < -0.3 is 10.6 Å². The largest absolute Gasteiger partial charge is 0.354 e. The van der Waals surface area contributed by atoms with E-state index in [-0.39, 0.29) is 17.7 Å². The Kier molecular flexibility index (Phi) is 4.99. The summed E-state index contributed by atoms with van der Waals surface area (Å²) in [6.45, 7) is 0.900. The number of hydrogen-bond donors (Lipinski definition) is 2. The van der Waals surface area contributed by atoms with Crippen LogP contribution in [-0.2, 0) is 4.79 Å². The van der Waals surface area contributed by atoms with Crippen molar-refractivity contribution in [3.63, 3.8) is 0 Å². The van der Waals surface area contributed by atoms with Crippen LogP contribution in [0.15, 0.2) is 27.1 Å². The third-order valence-electron chi connectivity index (χ3n) is 2.78. The number of rotatable bonds is 5. The average molecular weight is 390 g/mol. The molecule has 0 spiro atoms. The van der Waals surface area contributed by atoms with E-state index >= 15 is 0 Å². The fourth-order valence-corrected chi connectivity index (χ4v) is 2.93. The number of halogens is 2. The summed E-state index contributed by atoms with van der Waals surface area (Å²) >= 11 is 6.68. The fraction of sp³-hybridized carbons (Fsp3) is 0.385. The first-order valence-electron chi connectivity index (χ1n) is 6.08. The van der Waals surface area contributed by atoms with Crippen molar-refractivity contribution in [2.24, 2.45) is 5.92 Å². The highest BCUT2D eigenvalue weighted by Crippen LogP contribution is 2.28. The van der Waals surface area contributed by atoms with Gasteiger partial charge in [-0.3, -0.25) is 9.59 Å². The molecular formula is C13H14Br2N2O2. The molecule has 19 heavy (non-hydrogen) atoms. The third-order valence-corrected chi connectivity index (χ3v) is 3.70. The molecule has 1 fully saturated rings. The van der Waals surface area contributed by atoms with E-state index in [1.54, 1.807) is 12.1 Å². The van der Waals surface area contributed by atoms with Crippen LogP contribution in [0.1, 0.15) is 23.2 Å². The standard InChI is InChI=1S/C13H14Br2N2O2/c14-10-5-9(6-11(15)7-10)13(19)17-4-3-16-12(18)8-1-2-8/h5-8H,1-4H2,(H,16,18)(H,17,19). The third kappa shape index (κ3) is 4.62. The average Bonchev–Trinajstić information content (AvgIpc) is 3.17. The summed E-state index contributed by atoms with van der Waals surface area (Å²) in [6, 6.07) is 5.37. The summed E-state index contributed by atoms with van der Waals surface area (Å²) in [4.78, 5) is 23.2. The summed E-state index contributed by atoms with van der Waals surface area (Å²) in [5, 5.41) is 5.57. The van der Waals surface area contributed by atoms with Gasteiger partial charge in [0.25, 0.3) is 5.91 Å². The molecule has 0 heterocycles. The maximum Gasteiger partial charge on any atom is 0.251 e. The molecule has 2 amide bonds. The topological polar surface area (TPSA) is 58.2 Å². The molecule has 1 aromatic carbocycles. The highest BCUT2D eigenvalue weighted by molar-refractivity contribution is 9.11. The van der Waals surface area contributed by atoms with E-state index in [9.17, 15) is 9.59 Å². The minimum absolute atomic E-state index is 0.0967. The van der Waals surface area contributed by atoms with E-state index in [0.29, 0.717) is 18.7 Å². The van der Waals surface area contributed by atoms with Crippen LogP contribution in [0.5, 0.6) is 0 Å². The van der Waals surface area contributed by atoms with Gasteiger partial charge in [0.1, 0.15) is 0 Å². The minimum Gasteiger partial charge on any atom is -0.354 e. The van der Waals surface area contributed by atoms with Gasteiger partial charge in [-0.25, -0.2) is 0 Å². The molecule has 2 rings (SSSR count). The molecule has 2 N–H and O–H groups in total. The number of carbonyl (C=O) groups is 2. The summed E-state index contributed by atoms with van der Waals surface area (Å²) in [5.41, 5.74) is 0.578. The zero-order chi connectivity index (χ0) is 13.8. The molecular weight excluding hydrogens is 376 g/mol. The molecule has 1 aliphatic carbocycles. The molecule has 0 aliphatic heterocycles. The molecule has 1 saturated carbocycles. The number of carbonyl (C=O) groups excluding carboxylic acids is 2. The van der Waals surface area contributed by atoms with Crippen molar-refractivity contribution < 1.29 is 9.59 Å². The molecule has 0 saturated heterocycles. The second-order valence-electron chi connectivity index (χ2n) is 4.48. The Hall–Kier alpha value is -0.880. The molecule has 0 bridgehead atoms. The van der Waals surface area contributed by atoms with Crippen molar-refractivity contribution >= 4 is 43.7 Å². The van der Waals surface area contributed by atoms with Crippen LogP contribution < -0.4 is 10.6 Å². The lowest BCUT2D eigenvalue weighted by Gasteiger charge is -2.07. The zero-order valence-corrected chi connectivity index (χ0v) is 13.4. The monoisotopic (exact) mass is 388 g/mol. The Morgan fingerprint density at radius 3 is 2.21 bits per heavy atom. The lowest BCUT2D eigenvalue weighted by Crippen LogP contribution is -2.35. The molecule has 0 unspecified atom stereocenters. The summed E-state index contributed by atoms with van der Waals surface area (Å²) in [6.07, 6.45) is 1.98. The number of amides is 2. The quantitative estimate of drug-likeness (QED) is 0.760. The summed E-state index contributed by atoms with van der Waals surface area (Å²) in [7, 11) is 0. The van der Waals surface area contributed by atoms with E-state index in [2.05, 4.69) is 42.5 Å². The molecule has 0 aromatic heterocycles. The van der Waals surface area contributed by atoms with Gasteiger partial charge in [0.15, 0.2) is 0 Å². The highest BCUT2D eigenvalue weighted by Gasteiger charge is 2.28. The first-order chi connectivity index (χ1) is 9.06.